The van der Waals surface area contributed by atoms with Crippen LogP contribution in [0.15, 0.2) is 47.4 Å². The van der Waals surface area contributed by atoms with Crippen molar-refractivity contribution in [2.24, 2.45) is 0 Å². The van der Waals surface area contributed by atoms with Gasteiger partial charge in [-0.3, -0.25) is 9.10 Å². The third kappa shape index (κ3) is 4.59. The average molecular weight is 491 g/mol. The zero-order valence-electron chi connectivity index (χ0n) is 18.7. The summed E-state index contributed by atoms with van der Waals surface area (Å²) < 4.78 is 33.3. The van der Waals surface area contributed by atoms with Crippen molar-refractivity contribution in [2.75, 3.05) is 17.5 Å². The van der Waals surface area contributed by atoms with Crippen molar-refractivity contribution in [1.29, 1.82) is 0 Å². The number of rotatable bonds is 5. The molecule has 0 bridgehead atoms. The lowest BCUT2D eigenvalue weighted by Gasteiger charge is -2.38. The fourth-order valence-electron chi connectivity index (χ4n) is 4.70. The van der Waals surface area contributed by atoms with Crippen molar-refractivity contribution in [3.05, 3.63) is 58.6 Å². The van der Waals surface area contributed by atoms with Crippen LogP contribution in [-0.2, 0) is 26.0 Å². The smallest absolute Gasteiger partial charge is 0.338 e. The van der Waals surface area contributed by atoms with Crippen LogP contribution in [0.1, 0.15) is 49.0 Å². The number of esters is 1. The molecule has 0 saturated carbocycles. The third-order valence-electron chi connectivity index (χ3n) is 6.39. The molecule has 0 aromatic heterocycles. The first kappa shape index (κ1) is 23.6. The first-order valence-corrected chi connectivity index (χ1v) is 12.9. The molecule has 2 atom stereocenters. The number of benzene rings is 2. The second-order valence-corrected chi connectivity index (χ2v) is 10.8. The molecule has 0 radical (unpaired) electrons. The fourth-order valence-corrected chi connectivity index (χ4v) is 6.71. The van der Waals surface area contributed by atoms with Gasteiger partial charge in [0.25, 0.3) is 15.9 Å². The maximum absolute atomic E-state index is 13.4. The Bertz CT molecular complexity index is 1170. The number of amides is 1. The lowest BCUT2D eigenvalue weighted by molar-refractivity contribution is -0.140. The average Bonchev–Trinajstić information content (AvgIpc) is 3.22. The number of halogens is 1. The van der Waals surface area contributed by atoms with Gasteiger partial charge in [-0.05, 0) is 69.4 Å². The van der Waals surface area contributed by atoms with Crippen molar-refractivity contribution < 1.29 is 22.7 Å². The number of sulfonamides is 1. The van der Waals surface area contributed by atoms with E-state index in [9.17, 15) is 18.0 Å². The number of anilines is 1. The summed E-state index contributed by atoms with van der Waals surface area (Å²) in [7, 11) is -3.98. The van der Waals surface area contributed by atoms with E-state index in [0.717, 1.165) is 24.8 Å². The Morgan fingerprint density at radius 2 is 1.79 bits per heavy atom. The summed E-state index contributed by atoms with van der Waals surface area (Å²) in [6.45, 7) is 3.88. The summed E-state index contributed by atoms with van der Waals surface area (Å²) in [4.78, 5) is 26.9. The molecule has 0 spiro atoms. The van der Waals surface area contributed by atoms with Gasteiger partial charge in [-0.2, -0.15) is 0 Å². The summed E-state index contributed by atoms with van der Waals surface area (Å²) in [5.41, 5.74) is 1.57. The van der Waals surface area contributed by atoms with Crippen LogP contribution in [0.25, 0.3) is 0 Å². The topological polar surface area (TPSA) is 84.0 Å². The van der Waals surface area contributed by atoms with Gasteiger partial charge in [-0.25, -0.2) is 13.2 Å². The van der Waals surface area contributed by atoms with Crippen LogP contribution >= 0.6 is 11.6 Å². The largest absolute Gasteiger partial charge is 0.452 e. The highest BCUT2D eigenvalue weighted by Crippen LogP contribution is 2.35. The fraction of sp³-hybridized carbons (Fsp3) is 0.417. The minimum absolute atomic E-state index is 0.0166. The number of piperidine rings is 1. The van der Waals surface area contributed by atoms with Gasteiger partial charge in [0.1, 0.15) is 4.90 Å². The molecule has 7 nitrogen and oxygen atoms in total. The van der Waals surface area contributed by atoms with Crippen LogP contribution in [0.2, 0.25) is 5.02 Å². The molecule has 33 heavy (non-hydrogen) atoms. The summed E-state index contributed by atoms with van der Waals surface area (Å²) in [5, 5.41) is 0.0166. The molecule has 2 unspecified atom stereocenters. The van der Waals surface area contributed by atoms with Gasteiger partial charge in [-0.15, -0.1) is 0 Å². The highest BCUT2D eigenvalue weighted by atomic mass is 35.5. The van der Waals surface area contributed by atoms with E-state index in [1.807, 2.05) is 26.0 Å². The minimum Gasteiger partial charge on any atom is -0.452 e. The third-order valence-corrected chi connectivity index (χ3v) is 8.68. The van der Waals surface area contributed by atoms with Gasteiger partial charge in [0.05, 0.1) is 16.3 Å². The van der Waals surface area contributed by atoms with E-state index in [4.69, 9.17) is 16.3 Å². The molecule has 4 rings (SSSR count). The Hall–Kier alpha value is -2.58. The lowest BCUT2D eigenvalue weighted by atomic mass is 9.97. The number of fused-ring (bicyclic) bond motifs is 1. The van der Waals surface area contributed by atoms with E-state index < -0.39 is 22.6 Å². The summed E-state index contributed by atoms with van der Waals surface area (Å²) in [6, 6.07) is 11.5. The van der Waals surface area contributed by atoms with Crippen LogP contribution in [0.4, 0.5) is 5.69 Å². The summed E-state index contributed by atoms with van der Waals surface area (Å²) in [6.07, 6.45) is 3.50. The number of carbonyl (C=O) groups is 2. The maximum atomic E-state index is 13.4. The zero-order valence-corrected chi connectivity index (χ0v) is 20.2. The highest BCUT2D eigenvalue weighted by Gasteiger charge is 2.33. The molecule has 1 fully saturated rings. The number of carbonyl (C=O) groups excluding carboxylic acids is 2. The lowest BCUT2D eigenvalue weighted by Crippen LogP contribution is -2.49. The van der Waals surface area contributed by atoms with E-state index in [1.54, 1.807) is 17.0 Å². The van der Waals surface area contributed by atoms with E-state index in [0.29, 0.717) is 18.7 Å². The van der Waals surface area contributed by atoms with Crippen molar-refractivity contribution in [3.63, 3.8) is 0 Å². The Morgan fingerprint density at radius 1 is 1.09 bits per heavy atom. The van der Waals surface area contributed by atoms with Crippen molar-refractivity contribution in [1.82, 2.24) is 4.90 Å². The van der Waals surface area contributed by atoms with Gasteiger partial charge in [0.15, 0.2) is 6.61 Å². The molecule has 2 aliphatic heterocycles. The maximum Gasteiger partial charge on any atom is 0.338 e. The molecule has 1 amide bonds. The van der Waals surface area contributed by atoms with Gasteiger partial charge >= 0.3 is 5.97 Å². The van der Waals surface area contributed by atoms with Gasteiger partial charge in [0.2, 0.25) is 0 Å². The van der Waals surface area contributed by atoms with Gasteiger partial charge < -0.3 is 9.64 Å². The van der Waals surface area contributed by atoms with Crippen LogP contribution < -0.4 is 4.31 Å². The first-order chi connectivity index (χ1) is 15.7. The number of hydrogen-bond acceptors (Lipinski definition) is 5. The quantitative estimate of drug-likeness (QED) is 0.590. The predicted molar refractivity (Wildman–Crippen MR) is 126 cm³/mol. The highest BCUT2D eigenvalue weighted by molar-refractivity contribution is 7.93. The number of likely N-dealkylation sites (tertiary alicyclic amines) is 1. The molecule has 2 heterocycles. The normalized spacial score (nSPS) is 20.5. The molecule has 1 saturated heterocycles. The van der Waals surface area contributed by atoms with Gasteiger partial charge in [-0.1, -0.05) is 29.8 Å². The zero-order chi connectivity index (χ0) is 23.8. The molecular weight excluding hydrogens is 464 g/mol. The standard InChI is InChI=1S/C24H27ClN2O5S/c1-16-6-5-7-17(2)27(16)23(28)15-32-24(29)19-10-11-20(25)22(14-19)33(30,31)26-13-12-18-8-3-4-9-21(18)26/h3-4,8-11,14,16-17H,5-7,12-13,15H2,1-2H3. The number of para-hydroxylation sites is 1. The van der Waals surface area contributed by atoms with E-state index in [1.165, 1.54) is 22.5 Å². The summed E-state index contributed by atoms with van der Waals surface area (Å²) in [5.74, 6) is -1.02. The molecule has 2 aromatic rings. The predicted octanol–water partition coefficient (Wildman–Crippen LogP) is 4.04. The number of hydrogen-bond donors (Lipinski definition) is 0. The summed E-state index contributed by atoms with van der Waals surface area (Å²) >= 11 is 6.23. The Balaban J connectivity index is 1.51. The van der Waals surface area contributed by atoms with Crippen molar-refractivity contribution in [2.45, 2.75) is 56.5 Å². The molecule has 0 N–H and O–H groups in total. The Labute approximate surface area is 199 Å². The van der Waals surface area contributed by atoms with E-state index in [-0.39, 0.29) is 33.5 Å². The van der Waals surface area contributed by atoms with E-state index in [2.05, 4.69) is 0 Å². The van der Waals surface area contributed by atoms with Crippen LogP contribution in [0.3, 0.4) is 0 Å². The Morgan fingerprint density at radius 3 is 2.52 bits per heavy atom. The van der Waals surface area contributed by atoms with Crippen LogP contribution in [0, 0.1) is 0 Å². The SMILES string of the molecule is CC1CCCC(C)N1C(=O)COC(=O)c1ccc(Cl)c(S(=O)(=O)N2CCc3ccccc32)c1. The van der Waals surface area contributed by atoms with Crippen LogP contribution in [0.5, 0.6) is 0 Å². The molecular formula is C24H27ClN2O5S. The molecule has 176 valence electrons. The van der Waals surface area contributed by atoms with Crippen molar-refractivity contribution >= 4 is 39.2 Å². The minimum atomic E-state index is -3.98. The molecule has 9 heteroatoms. The second kappa shape index (κ2) is 9.35. The molecule has 2 aromatic carbocycles. The first-order valence-electron chi connectivity index (χ1n) is 11.1. The number of nitrogens with zero attached hydrogens (tertiary/aromatic N) is 2. The number of ether oxygens (including phenoxy) is 1. The second-order valence-electron chi connectivity index (χ2n) is 8.61. The van der Waals surface area contributed by atoms with Crippen molar-refractivity contribution in [3.8, 4) is 0 Å². The Kier molecular flexibility index (Phi) is 6.68. The molecule has 0 aliphatic carbocycles. The van der Waals surface area contributed by atoms with Crippen LogP contribution in [-0.4, -0.2) is 50.4 Å². The van der Waals surface area contributed by atoms with E-state index >= 15 is 0 Å². The monoisotopic (exact) mass is 490 g/mol. The molecule has 2 aliphatic rings. The van der Waals surface area contributed by atoms with Gasteiger partial charge in [0, 0.05) is 18.6 Å².